The van der Waals surface area contributed by atoms with E-state index in [4.69, 9.17) is 4.74 Å². The van der Waals surface area contributed by atoms with E-state index in [9.17, 15) is 4.39 Å². The molecule has 0 saturated carbocycles. The Bertz CT molecular complexity index is 411. The van der Waals surface area contributed by atoms with Gasteiger partial charge >= 0.3 is 0 Å². The molecule has 1 aliphatic rings. The van der Waals surface area contributed by atoms with E-state index in [2.05, 4.69) is 17.1 Å². The maximum Gasteiger partial charge on any atom is 0.123 e. The van der Waals surface area contributed by atoms with Crippen molar-refractivity contribution in [2.75, 3.05) is 31.7 Å². The van der Waals surface area contributed by atoms with Crippen molar-refractivity contribution in [3.05, 3.63) is 29.6 Å². The van der Waals surface area contributed by atoms with Crippen molar-refractivity contribution < 1.29 is 9.13 Å². The zero-order valence-electron chi connectivity index (χ0n) is 11.2. The van der Waals surface area contributed by atoms with Crippen molar-refractivity contribution in [2.24, 2.45) is 0 Å². The first-order chi connectivity index (χ1) is 8.63. The Kier molecular flexibility index (Phi) is 4.19. The van der Waals surface area contributed by atoms with Gasteiger partial charge in [0.05, 0.1) is 13.2 Å². The smallest absolute Gasteiger partial charge is 0.123 e. The molecule has 0 bridgehead atoms. The number of benzene rings is 1. The molecule has 100 valence electrons. The molecule has 1 heterocycles. The van der Waals surface area contributed by atoms with Crippen molar-refractivity contribution in [3.8, 4) is 0 Å². The van der Waals surface area contributed by atoms with Gasteiger partial charge in [-0.15, -0.1) is 0 Å². The molecule has 1 aliphatic heterocycles. The molecule has 1 saturated heterocycles. The molecular formula is C14H21FN2O. The first-order valence-electron chi connectivity index (χ1n) is 6.44. The lowest BCUT2D eigenvalue weighted by atomic mass is 10.0. The van der Waals surface area contributed by atoms with Crippen molar-refractivity contribution in [1.29, 1.82) is 0 Å². The van der Waals surface area contributed by atoms with E-state index >= 15 is 0 Å². The van der Waals surface area contributed by atoms with Crippen LogP contribution in [0.2, 0.25) is 0 Å². The lowest BCUT2D eigenvalue weighted by molar-refractivity contribution is 0.0988. The van der Waals surface area contributed by atoms with Gasteiger partial charge in [-0.1, -0.05) is 0 Å². The predicted octanol–water partition coefficient (Wildman–Crippen LogP) is 2.33. The summed E-state index contributed by atoms with van der Waals surface area (Å²) in [6, 6.07) is 5.49. The Morgan fingerprint density at radius 2 is 2.28 bits per heavy atom. The zero-order chi connectivity index (χ0) is 13.1. The summed E-state index contributed by atoms with van der Waals surface area (Å²) in [7, 11) is 1.89. The summed E-state index contributed by atoms with van der Waals surface area (Å²) in [5.74, 6) is -0.184. The first kappa shape index (κ1) is 13.3. The van der Waals surface area contributed by atoms with Crippen LogP contribution in [0.1, 0.15) is 25.5 Å². The highest BCUT2D eigenvalue weighted by Crippen LogP contribution is 2.29. The Morgan fingerprint density at radius 1 is 1.50 bits per heavy atom. The van der Waals surface area contributed by atoms with Gasteiger partial charge in [0, 0.05) is 24.3 Å². The number of hydrogen-bond donors (Lipinski definition) is 1. The molecule has 1 aromatic rings. The fourth-order valence-electron chi connectivity index (χ4n) is 2.37. The zero-order valence-corrected chi connectivity index (χ0v) is 11.2. The minimum absolute atomic E-state index is 0.130. The third-order valence-corrected chi connectivity index (χ3v) is 3.57. The fourth-order valence-corrected chi connectivity index (χ4v) is 2.37. The largest absolute Gasteiger partial charge is 0.377 e. The van der Waals surface area contributed by atoms with Crippen LogP contribution in [-0.4, -0.2) is 32.8 Å². The molecule has 3 nitrogen and oxygen atoms in total. The van der Waals surface area contributed by atoms with Gasteiger partial charge in [0.25, 0.3) is 0 Å². The second-order valence-electron chi connectivity index (χ2n) is 4.83. The summed E-state index contributed by atoms with van der Waals surface area (Å²) >= 11 is 0. The molecule has 0 radical (unpaired) electrons. The van der Waals surface area contributed by atoms with Gasteiger partial charge < -0.3 is 15.0 Å². The third kappa shape index (κ3) is 2.65. The van der Waals surface area contributed by atoms with Gasteiger partial charge in [-0.05, 0) is 44.7 Å². The van der Waals surface area contributed by atoms with E-state index in [-0.39, 0.29) is 11.9 Å². The number of nitrogens with zero attached hydrogens (tertiary/aromatic N) is 1. The van der Waals surface area contributed by atoms with E-state index in [0.717, 1.165) is 31.0 Å². The van der Waals surface area contributed by atoms with Crippen LogP contribution in [0.3, 0.4) is 0 Å². The second-order valence-corrected chi connectivity index (χ2v) is 4.83. The summed E-state index contributed by atoms with van der Waals surface area (Å²) in [6.07, 6.45) is 0. The summed E-state index contributed by atoms with van der Waals surface area (Å²) < 4.78 is 18.9. The Labute approximate surface area is 108 Å². The Hall–Kier alpha value is -1.13. The van der Waals surface area contributed by atoms with Crippen molar-refractivity contribution >= 4 is 5.69 Å². The molecule has 1 fully saturated rings. The first-order valence-corrected chi connectivity index (χ1v) is 6.44. The minimum atomic E-state index is -0.184. The quantitative estimate of drug-likeness (QED) is 0.893. The highest BCUT2D eigenvalue weighted by atomic mass is 19.1. The summed E-state index contributed by atoms with van der Waals surface area (Å²) in [6.45, 7) is 6.50. The maximum absolute atomic E-state index is 13.4. The lowest BCUT2D eigenvalue weighted by Crippen LogP contribution is -2.44. The number of hydrogen-bond acceptors (Lipinski definition) is 3. The molecule has 0 amide bonds. The molecule has 2 atom stereocenters. The number of anilines is 1. The van der Waals surface area contributed by atoms with Crippen LogP contribution in [0, 0.1) is 5.82 Å². The lowest BCUT2D eigenvalue weighted by Gasteiger charge is -2.37. The normalized spacial score (nSPS) is 22.0. The fraction of sp³-hybridized carbons (Fsp3) is 0.571. The number of ether oxygens (including phenoxy) is 1. The van der Waals surface area contributed by atoms with Crippen LogP contribution >= 0.6 is 0 Å². The van der Waals surface area contributed by atoms with Crippen LogP contribution in [0.15, 0.2) is 18.2 Å². The highest BCUT2D eigenvalue weighted by Gasteiger charge is 2.23. The van der Waals surface area contributed by atoms with Gasteiger partial charge in [0.2, 0.25) is 0 Å². The topological polar surface area (TPSA) is 24.5 Å². The van der Waals surface area contributed by atoms with Crippen molar-refractivity contribution in [2.45, 2.75) is 25.9 Å². The van der Waals surface area contributed by atoms with Gasteiger partial charge in [0.1, 0.15) is 5.82 Å². The Balaban J connectivity index is 2.36. The standard InChI is InChI=1S/C14H21FN2O/c1-10-9-18-7-6-17(10)14-5-4-12(15)8-13(14)11(2)16-3/h4-5,8,10-11,16H,6-7,9H2,1-3H3. The van der Waals surface area contributed by atoms with Gasteiger partial charge in [-0.2, -0.15) is 0 Å². The molecular weight excluding hydrogens is 231 g/mol. The molecule has 0 aromatic heterocycles. The van der Waals surface area contributed by atoms with Crippen LogP contribution in [-0.2, 0) is 4.74 Å². The van der Waals surface area contributed by atoms with Crippen LogP contribution in [0.25, 0.3) is 0 Å². The molecule has 1 N–H and O–H groups in total. The molecule has 4 heteroatoms. The number of nitrogens with one attached hydrogen (secondary N) is 1. The van der Waals surface area contributed by atoms with Crippen molar-refractivity contribution in [3.63, 3.8) is 0 Å². The van der Waals surface area contributed by atoms with E-state index in [0.29, 0.717) is 6.04 Å². The Morgan fingerprint density at radius 3 is 2.94 bits per heavy atom. The van der Waals surface area contributed by atoms with Crippen LogP contribution in [0.4, 0.5) is 10.1 Å². The highest BCUT2D eigenvalue weighted by molar-refractivity contribution is 5.56. The summed E-state index contributed by atoms with van der Waals surface area (Å²) in [5.41, 5.74) is 2.11. The molecule has 0 aliphatic carbocycles. The monoisotopic (exact) mass is 252 g/mol. The molecule has 18 heavy (non-hydrogen) atoms. The average molecular weight is 252 g/mol. The summed E-state index contributed by atoms with van der Waals surface area (Å²) in [5, 5.41) is 3.18. The molecule has 1 aromatic carbocycles. The molecule has 2 rings (SSSR count). The van der Waals surface area contributed by atoms with Crippen LogP contribution in [0.5, 0.6) is 0 Å². The predicted molar refractivity (Wildman–Crippen MR) is 71.5 cm³/mol. The molecule has 0 spiro atoms. The third-order valence-electron chi connectivity index (χ3n) is 3.57. The maximum atomic E-state index is 13.4. The number of morpholine rings is 1. The summed E-state index contributed by atoms with van der Waals surface area (Å²) in [4.78, 5) is 2.30. The van der Waals surface area contributed by atoms with Gasteiger partial charge in [0.15, 0.2) is 0 Å². The number of rotatable bonds is 3. The van der Waals surface area contributed by atoms with E-state index < -0.39 is 0 Å². The van der Waals surface area contributed by atoms with E-state index in [1.807, 2.05) is 20.0 Å². The number of halogens is 1. The van der Waals surface area contributed by atoms with Crippen LogP contribution < -0.4 is 10.2 Å². The molecule has 2 unspecified atom stereocenters. The van der Waals surface area contributed by atoms with E-state index in [1.165, 1.54) is 6.07 Å². The average Bonchev–Trinajstić information content (AvgIpc) is 2.39. The second kappa shape index (κ2) is 5.67. The van der Waals surface area contributed by atoms with E-state index in [1.54, 1.807) is 6.07 Å². The van der Waals surface area contributed by atoms with Gasteiger partial charge in [-0.3, -0.25) is 0 Å². The SMILES string of the molecule is CNC(C)c1cc(F)ccc1N1CCOCC1C. The minimum Gasteiger partial charge on any atom is -0.377 e. The van der Waals surface area contributed by atoms with Crippen molar-refractivity contribution in [1.82, 2.24) is 5.32 Å². The van der Waals surface area contributed by atoms with Gasteiger partial charge in [-0.25, -0.2) is 4.39 Å².